The summed E-state index contributed by atoms with van der Waals surface area (Å²) in [5.41, 5.74) is 0.751. The number of carbonyl (C=O) groups excluding carboxylic acids is 2. The Hall–Kier alpha value is -4.59. The molecule has 0 aliphatic carbocycles. The molecule has 0 spiro atoms. The van der Waals surface area contributed by atoms with E-state index in [0.29, 0.717) is 74.8 Å². The van der Waals surface area contributed by atoms with Gasteiger partial charge in [-0.1, -0.05) is 288 Å². The van der Waals surface area contributed by atoms with E-state index in [-0.39, 0.29) is 45.0 Å². The molecule has 0 amide bonds. The summed E-state index contributed by atoms with van der Waals surface area (Å²) in [6, 6.07) is 77.9. The minimum absolute atomic E-state index is 0.0407. The van der Waals surface area contributed by atoms with E-state index < -0.39 is 113 Å². The molecule has 12 rings (SSSR count). The summed E-state index contributed by atoms with van der Waals surface area (Å²) in [6.45, 7) is 16.5. The van der Waals surface area contributed by atoms with Crippen molar-refractivity contribution in [3.05, 3.63) is 248 Å². The Labute approximate surface area is 648 Å². The van der Waals surface area contributed by atoms with Gasteiger partial charge in [0, 0.05) is 62.2 Å². The van der Waals surface area contributed by atoms with Crippen molar-refractivity contribution in [2.75, 3.05) is 46.2 Å². The molecule has 105 heavy (non-hydrogen) atoms. The number of benzene rings is 8. The molecule has 20 nitrogen and oxygen atoms in total. The lowest BCUT2D eigenvalue weighted by Crippen LogP contribution is -2.89. The van der Waals surface area contributed by atoms with E-state index in [9.17, 15) is 9.59 Å². The minimum atomic E-state index is -5.35. The molecule has 4 fully saturated rings. The van der Waals surface area contributed by atoms with Crippen LogP contribution in [0.5, 0.6) is 0 Å². The lowest BCUT2D eigenvalue weighted by Gasteiger charge is -2.57. The second-order valence-electron chi connectivity index (χ2n) is 26.6. The fourth-order valence-corrected chi connectivity index (χ4v) is 63.9. The monoisotopic (exact) mass is 1740 g/mol. The van der Waals surface area contributed by atoms with E-state index in [1.54, 1.807) is 27.7 Å². The number of fused-ring (bicyclic) bond motifs is 4. The Kier molecular flexibility index (Phi) is 27.9. The Balaban J connectivity index is 1.24. The fraction of sp³-hybridized carbons (Fsp3) is 0.306. The van der Waals surface area contributed by atoms with E-state index in [1.165, 1.54) is 0 Å². The quantitative estimate of drug-likeness (QED) is 0.0166. The zero-order valence-electron chi connectivity index (χ0n) is 60.4. The number of ether oxygens (including phenoxy) is 4. The number of hydrogen-bond acceptors (Lipinski definition) is 20. The van der Waals surface area contributed by atoms with Gasteiger partial charge in [-0.3, -0.25) is 9.59 Å². The van der Waals surface area contributed by atoms with Crippen molar-refractivity contribution < 1.29 is 86.5 Å². The molecule has 8 unspecified atom stereocenters. The highest BCUT2D eigenvalue weighted by Gasteiger charge is 2.80. The van der Waals surface area contributed by atoms with Crippen molar-refractivity contribution in [2.24, 2.45) is 0 Å². The average Bonchev–Trinajstić information content (AvgIpc) is 0.690. The topological polar surface area (TPSA) is 200 Å². The molecule has 4 saturated heterocycles. The molecule has 558 valence electrons. The normalized spacial score (nSPS) is 26.0. The van der Waals surface area contributed by atoms with Crippen LogP contribution in [0.3, 0.4) is 0 Å². The zero-order chi connectivity index (χ0) is 74.2. The number of unbranched alkanes of at least 4 members (excludes halogenated alkanes) is 1. The van der Waals surface area contributed by atoms with Crippen molar-refractivity contribution in [1.29, 1.82) is 0 Å². The van der Waals surface area contributed by atoms with Gasteiger partial charge in [-0.2, -0.15) is 0 Å². The highest BCUT2D eigenvalue weighted by molar-refractivity contribution is 9.10. The molecule has 4 aliphatic rings. The molecule has 0 radical (unpaired) electrons. The SMILES string of the molecule is C[SiH2]O[Si]1(c2ccccc2)O[Si]2(Cc3ccccc3)O[Si](OCCCCOCCOC(=O)C(C)(C)Br)(c3ccccc3)O[Si](c3ccccc3)(O1)O[Si]1(c3ccccc3)O[Si](O[SiH2]C)(c3ccccc3)O[Si](c3ccccc3)(O2)O[Si](O[Si](C)(C)CCCOCCOC(=O)C(C)(C)Br)(c2ccccc2)O1. The van der Waals surface area contributed by atoms with Gasteiger partial charge in [0.2, 0.25) is 0 Å². The molecule has 33 heteroatoms. The number of rotatable bonds is 33. The summed E-state index contributed by atoms with van der Waals surface area (Å²) in [7, 11) is -47.4. The van der Waals surface area contributed by atoms with Crippen LogP contribution in [0.1, 0.15) is 52.5 Å². The third-order valence-electron chi connectivity index (χ3n) is 16.9. The van der Waals surface area contributed by atoms with Crippen molar-refractivity contribution in [3.63, 3.8) is 0 Å². The number of alkyl halides is 2. The maximum absolute atomic E-state index is 12.7. The van der Waals surface area contributed by atoms with E-state index >= 15 is 0 Å². The summed E-state index contributed by atoms with van der Waals surface area (Å²) in [4.78, 5) is 25.4. The van der Waals surface area contributed by atoms with Gasteiger partial charge in [-0.25, -0.2) is 0 Å². The Morgan fingerprint density at radius 2 is 0.686 bits per heavy atom. The summed E-state index contributed by atoms with van der Waals surface area (Å²) < 4.78 is 140. The number of halogens is 2. The predicted octanol–water partition coefficient (Wildman–Crippen LogP) is 8.01. The van der Waals surface area contributed by atoms with Crippen LogP contribution in [0.4, 0.5) is 0 Å². The van der Waals surface area contributed by atoms with Crippen molar-refractivity contribution in [1.82, 2.24) is 0 Å². The second kappa shape index (κ2) is 36.1. The maximum Gasteiger partial charge on any atom is 0.522 e. The van der Waals surface area contributed by atoms with Gasteiger partial charge in [0.05, 0.1) is 13.2 Å². The second-order valence-corrected chi connectivity index (χ2v) is 60.9. The standard InChI is InChI=1S/C72H92Br2O20Si11/c1-71(2,73)69(75)79-57-55-77-52-33-34-54-81-99(62-38-19-10-20-39-62)85-98(60-61-36-17-9-18-37-61)86-100(82-95-5,63-40-21-11-22-41-63)89-104(88-99,67-48-29-15-30-49-67)94-105(68-50-31-16-32-51-68)91-101(83-96-6,64-42-23-12-24-43-64)90-103(87-98,66-46-27-14-28-47-66)92-102(93-105,65-44-25-13-26-45-65)84-97(7,8)59-35-53-78-56-58-80-70(76)72(3,4)74/h9-32,36-51H,33-35,52-60,95-96H2,1-8H3. The molecular weight excluding hydrogens is 1650 g/mol. The van der Waals surface area contributed by atoms with E-state index in [2.05, 4.69) is 45.0 Å². The van der Waals surface area contributed by atoms with Crippen LogP contribution < -0.4 is 36.3 Å². The van der Waals surface area contributed by atoms with E-state index in [4.69, 9.17) is 76.9 Å². The van der Waals surface area contributed by atoms with Gasteiger partial charge < -0.3 is 76.9 Å². The first-order chi connectivity index (χ1) is 50.5. The molecule has 8 atom stereocenters. The molecule has 8 aromatic carbocycles. The van der Waals surface area contributed by atoms with Gasteiger partial charge >= 0.3 is 82.4 Å². The summed E-state index contributed by atoms with van der Waals surface area (Å²) in [5, 5.41) is 3.56. The van der Waals surface area contributed by atoms with Crippen molar-refractivity contribution >= 4 is 178 Å². The highest BCUT2D eigenvalue weighted by atomic mass is 79.9. The average molecular weight is 1750 g/mol. The lowest BCUT2D eigenvalue weighted by atomic mass is 10.2. The first-order valence-electron chi connectivity index (χ1n) is 35.4. The molecule has 8 aromatic rings. The van der Waals surface area contributed by atoms with Crippen LogP contribution in [0, 0.1) is 0 Å². The van der Waals surface area contributed by atoms with Crippen molar-refractivity contribution in [3.8, 4) is 0 Å². The van der Waals surface area contributed by atoms with Crippen LogP contribution in [0.15, 0.2) is 243 Å². The number of esters is 2. The molecule has 4 bridgehead atoms. The van der Waals surface area contributed by atoms with Gasteiger partial charge in [-0.15, -0.1) is 0 Å². The molecule has 0 saturated carbocycles. The predicted molar refractivity (Wildman–Crippen MR) is 433 cm³/mol. The maximum atomic E-state index is 12.7. The third kappa shape index (κ3) is 20.1. The molecule has 0 aromatic heterocycles. The van der Waals surface area contributed by atoms with Crippen molar-refractivity contribution in [2.45, 2.75) is 93.9 Å². The molecule has 4 heterocycles. The summed E-state index contributed by atoms with van der Waals surface area (Å²) >= 11 is 6.80. The van der Waals surface area contributed by atoms with Gasteiger partial charge in [0.25, 0.3) is 0 Å². The fourth-order valence-electron chi connectivity index (χ4n) is 12.0. The Morgan fingerprint density at radius 3 is 1.09 bits per heavy atom. The third-order valence-corrected chi connectivity index (χ3v) is 58.5. The summed E-state index contributed by atoms with van der Waals surface area (Å²) in [5.74, 6) is -0.778. The first kappa shape index (κ1) is 81.4. The van der Waals surface area contributed by atoms with Crippen LogP contribution in [0.2, 0.25) is 32.2 Å². The summed E-state index contributed by atoms with van der Waals surface area (Å²) in [6.07, 6.45) is 1.48. The molecule has 4 aliphatic heterocycles. The highest BCUT2D eigenvalue weighted by Crippen LogP contribution is 2.44. The van der Waals surface area contributed by atoms with E-state index in [1.807, 2.05) is 256 Å². The molecular formula is C72H92Br2O20Si11. The number of carbonyl (C=O) groups is 2. The van der Waals surface area contributed by atoms with Crippen LogP contribution in [-0.2, 0) is 92.5 Å². The largest absolute Gasteiger partial charge is 0.522 e. The zero-order valence-corrected chi connectivity index (χ0v) is 75.4. The number of hydrogen-bond donors (Lipinski definition) is 0. The lowest BCUT2D eigenvalue weighted by molar-refractivity contribution is -0.147. The van der Waals surface area contributed by atoms with E-state index in [0.717, 1.165) is 5.56 Å². The Bertz CT molecular complexity index is 4050. The van der Waals surface area contributed by atoms with Gasteiger partial charge in [0.1, 0.15) is 41.4 Å². The first-order valence-corrected chi connectivity index (χ1v) is 58.1. The Morgan fingerprint density at radius 1 is 0.371 bits per heavy atom. The molecule has 0 N–H and O–H groups in total. The van der Waals surface area contributed by atoms with Crippen LogP contribution >= 0.6 is 31.9 Å². The van der Waals surface area contributed by atoms with Crippen LogP contribution in [-0.4, -0.2) is 165 Å². The van der Waals surface area contributed by atoms with Crippen LogP contribution in [0.25, 0.3) is 0 Å². The smallest absolute Gasteiger partial charge is 0.462 e. The van der Waals surface area contributed by atoms with Gasteiger partial charge in [0.15, 0.2) is 8.32 Å². The van der Waals surface area contributed by atoms with Gasteiger partial charge in [-0.05, 0) is 71.7 Å². The minimum Gasteiger partial charge on any atom is -0.462 e.